The zero-order valence-corrected chi connectivity index (χ0v) is 8.71. The molecule has 2 heterocycles. The highest BCUT2D eigenvalue weighted by molar-refractivity contribution is 6.13. The van der Waals surface area contributed by atoms with E-state index in [-0.39, 0.29) is 18.1 Å². The zero-order chi connectivity index (χ0) is 11.5. The number of aromatic nitrogens is 1. The summed E-state index contributed by atoms with van der Waals surface area (Å²) >= 11 is 0. The fourth-order valence-corrected chi connectivity index (χ4v) is 1.42. The lowest BCUT2D eigenvalue weighted by molar-refractivity contribution is -0.124. The van der Waals surface area contributed by atoms with Gasteiger partial charge in [0.05, 0.1) is 19.2 Å². The first kappa shape index (κ1) is 10.4. The van der Waals surface area contributed by atoms with Crippen LogP contribution in [0.2, 0.25) is 0 Å². The van der Waals surface area contributed by atoms with Gasteiger partial charge in [-0.25, -0.2) is 4.98 Å². The van der Waals surface area contributed by atoms with Crippen LogP contribution in [0.4, 0.5) is 5.69 Å². The van der Waals surface area contributed by atoms with Crippen LogP contribution in [0.1, 0.15) is 6.42 Å². The summed E-state index contributed by atoms with van der Waals surface area (Å²) in [6, 6.07) is 3.32. The minimum absolute atomic E-state index is 0.0961. The third-order valence-electron chi connectivity index (χ3n) is 2.21. The second kappa shape index (κ2) is 4.14. The molecule has 0 atom stereocenters. The molecule has 0 spiro atoms. The van der Waals surface area contributed by atoms with Crippen molar-refractivity contribution < 1.29 is 14.3 Å². The maximum atomic E-state index is 11.6. The van der Waals surface area contributed by atoms with Crippen molar-refractivity contribution in [2.75, 3.05) is 12.0 Å². The number of methoxy groups -OCH3 is 1. The quantitative estimate of drug-likeness (QED) is 0.692. The molecular weight excluding hydrogens is 208 g/mol. The molecular formula is C11H10N2O3. The van der Waals surface area contributed by atoms with Crippen LogP contribution in [0.15, 0.2) is 30.6 Å². The molecule has 0 saturated heterocycles. The van der Waals surface area contributed by atoms with Gasteiger partial charge < -0.3 is 4.74 Å². The minimum Gasteiger partial charge on any atom is -0.481 e. The molecule has 16 heavy (non-hydrogen) atoms. The molecule has 1 amide bonds. The van der Waals surface area contributed by atoms with E-state index in [1.54, 1.807) is 18.3 Å². The molecule has 5 nitrogen and oxygen atoms in total. The van der Waals surface area contributed by atoms with Gasteiger partial charge in [-0.2, -0.15) is 0 Å². The molecule has 82 valence electrons. The average Bonchev–Trinajstić information content (AvgIpc) is 2.29. The van der Waals surface area contributed by atoms with Gasteiger partial charge in [-0.1, -0.05) is 0 Å². The summed E-state index contributed by atoms with van der Waals surface area (Å²) in [7, 11) is 1.50. The number of amides is 1. The third kappa shape index (κ3) is 1.93. The van der Waals surface area contributed by atoms with Gasteiger partial charge in [0.2, 0.25) is 11.8 Å². The molecule has 1 aromatic rings. The van der Waals surface area contributed by atoms with Crippen LogP contribution < -0.4 is 9.64 Å². The van der Waals surface area contributed by atoms with Crippen molar-refractivity contribution in [3.8, 4) is 5.88 Å². The summed E-state index contributed by atoms with van der Waals surface area (Å²) in [6.07, 6.45) is 4.30. The minimum atomic E-state index is -0.249. The van der Waals surface area contributed by atoms with E-state index in [4.69, 9.17) is 4.74 Å². The van der Waals surface area contributed by atoms with Gasteiger partial charge in [0.25, 0.3) is 0 Å². The Morgan fingerprint density at radius 2 is 2.25 bits per heavy atom. The van der Waals surface area contributed by atoms with Crippen LogP contribution in [0.3, 0.4) is 0 Å². The summed E-state index contributed by atoms with van der Waals surface area (Å²) < 4.78 is 4.96. The van der Waals surface area contributed by atoms with Crippen molar-refractivity contribution in [1.82, 2.24) is 4.98 Å². The Labute approximate surface area is 92.3 Å². The molecule has 1 aliphatic heterocycles. The Balaban J connectivity index is 2.33. The van der Waals surface area contributed by atoms with Crippen molar-refractivity contribution in [1.29, 1.82) is 0 Å². The lowest BCUT2D eigenvalue weighted by Gasteiger charge is -2.20. The van der Waals surface area contributed by atoms with E-state index in [2.05, 4.69) is 4.98 Å². The molecule has 0 radical (unpaired) electrons. The maximum absolute atomic E-state index is 11.6. The first-order valence-corrected chi connectivity index (χ1v) is 4.74. The fraction of sp³-hybridized carbons (Fsp3) is 0.182. The van der Waals surface area contributed by atoms with Crippen molar-refractivity contribution >= 4 is 17.4 Å². The first-order valence-electron chi connectivity index (χ1n) is 4.74. The van der Waals surface area contributed by atoms with Crippen LogP contribution in [0.25, 0.3) is 0 Å². The van der Waals surface area contributed by atoms with E-state index in [0.717, 1.165) is 0 Å². The Morgan fingerprint density at radius 1 is 1.44 bits per heavy atom. The highest BCUT2D eigenvalue weighted by Gasteiger charge is 2.20. The topological polar surface area (TPSA) is 59.5 Å². The molecule has 0 saturated carbocycles. The van der Waals surface area contributed by atoms with Crippen molar-refractivity contribution in [2.45, 2.75) is 6.42 Å². The third-order valence-corrected chi connectivity index (χ3v) is 2.21. The molecule has 0 aromatic carbocycles. The smallest absolute Gasteiger partial charge is 0.238 e. The van der Waals surface area contributed by atoms with Crippen LogP contribution in [0.5, 0.6) is 5.88 Å². The summed E-state index contributed by atoms with van der Waals surface area (Å²) in [4.78, 5) is 27.9. The predicted octanol–water partition coefficient (Wildman–Crippen LogP) is 0.910. The van der Waals surface area contributed by atoms with Crippen molar-refractivity contribution in [3.63, 3.8) is 0 Å². The van der Waals surface area contributed by atoms with Gasteiger partial charge >= 0.3 is 0 Å². The van der Waals surface area contributed by atoms with Crippen LogP contribution >= 0.6 is 0 Å². The Morgan fingerprint density at radius 3 is 2.94 bits per heavy atom. The number of ether oxygens (including phenoxy) is 1. The second-order valence-electron chi connectivity index (χ2n) is 3.28. The lowest BCUT2D eigenvalue weighted by Crippen LogP contribution is -2.30. The number of hydrogen-bond donors (Lipinski definition) is 0. The summed E-state index contributed by atoms with van der Waals surface area (Å²) in [5.41, 5.74) is 0.639. The van der Waals surface area contributed by atoms with Gasteiger partial charge in [-0.15, -0.1) is 0 Å². The van der Waals surface area contributed by atoms with E-state index in [1.807, 2.05) is 0 Å². The lowest BCUT2D eigenvalue weighted by atomic mass is 10.2. The first-order chi connectivity index (χ1) is 7.70. The monoisotopic (exact) mass is 218 g/mol. The molecule has 0 aliphatic carbocycles. The summed E-state index contributed by atoms with van der Waals surface area (Å²) in [6.45, 7) is 0. The Hall–Kier alpha value is -2.17. The molecule has 0 unspecified atom stereocenters. The standard InChI is InChI=1S/C11H10N2O3/c1-16-10-6-8(2-4-12-10)13-5-3-9(14)7-11(13)15/h2-6H,7H2,1H3. The number of ketones is 1. The Bertz CT molecular complexity index is 468. The maximum Gasteiger partial charge on any atom is 0.238 e. The SMILES string of the molecule is COc1cc(N2C=CC(=O)CC2=O)ccn1. The van der Waals surface area contributed by atoms with Crippen LogP contribution in [-0.4, -0.2) is 23.8 Å². The van der Waals surface area contributed by atoms with Crippen molar-refractivity contribution in [3.05, 3.63) is 30.6 Å². The number of pyridine rings is 1. The Kier molecular flexibility index (Phi) is 2.68. The average molecular weight is 218 g/mol. The zero-order valence-electron chi connectivity index (χ0n) is 8.71. The number of nitrogens with zero attached hydrogens (tertiary/aromatic N) is 2. The molecule has 1 aromatic heterocycles. The number of allylic oxidation sites excluding steroid dienone is 1. The van der Waals surface area contributed by atoms with Gasteiger partial charge in [0.1, 0.15) is 0 Å². The van der Waals surface area contributed by atoms with Gasteiger partial charge in [-0.05, 0) is 12.1 Å². The van der Waals surface area contributed by atoms with Gasteiger partial charge in [0, 0.05) is 18.5 Å². The number of anilines is 1. The van der Waals surface area contributed by atoms with Crippen LogP contribution in [-0.2, 0) is 9.59 Å². The normalized spacial score (nSPS) is 15.4. The van der Waals surface area contributed by atoms with Gasteiger partial charge in [0.15, 0.2) is 5.78 Å². The number of hydrogen-bond acceptors (Lipinski definition) is 4. The van der Waals surface area contributed by atoms with E-state index in [0.29, 0.717) is 11.6 Å². The van der Waals surface area contributed by atoms with Crippen LogP contribution in [0, 0.1) is 0 Å². The largest absolute Gasteiger partial charge is 0.481 e. The van der Waals surface area contributed by atoms with E-state index >= 15 is 0 Å². The molecule has 0 bridgehead atoms. The van der Waals surface area contributed by atoms with Crippen molar-refractivity contribution in [2.24, 2.45) is 0 Å². The highest BCUT2D eigenvalue weighted by Crippen LogP contribution is 2.21. The highest BCUT2D eigenvalue weighted by atomic mass is 16.5. The molecule has 5 heteroatoms. The second-order valence-corrected chi connectivity index (χ2v) is 3.28. The summed E-state index contributed by atoms with van der Waals surface area (Å²) in [5.74, 6) is -0.00127. The van der Waals surface area contributed by atoms with E-state index < -0.39 is 0 Å². The molecule has 0 N–H and O–H groups in total. The van der Waals surface area contributed by atoms with Gasteiger partial charge in [-0.3, -0.25) is 14.5 Å². The molecule has 0 fully saturated rings. The molecule has 1 aliphatic rings. The van der Waals surface area contributed by atoms with E-state index in [9.17, 15) is 9.59 Å². The molecule has 2 rings (SSSR count). The van der Waals surface area contributed by atoms with E-state index in [1.165, 1.54) is 24.3 Å². The summed E-state index contributed by atoms with van der Waals surface area (Å²) in [5, 5.41) is 0. The predicted molar refractivity (Wildman–Crippen MR) is 57.0 cm³/mol. The number of carbonyl (C=O) groups excluding carboxylic acids is 2. The fourth-order valence-electron chi connectivity index (χ4n) is 1.42. The number of rotatable bonds is 2. The number of carbonyl (C=O) groups is 2.